The fraction of sp³-hybridized carbons (Fsp3) is 0.769. The van der Waals surface area contributed by atoms with E-state index in [9.17, 15) is 4.79 Å². The highest BCUT2D eigenvalue weighted by atomic mass is 32.2. The van der Waals surface area contributed by atoms with Crippen molar-refractivity contribution < 1.29 is 4.79 Å². The van der Waals surface area contributed by atoms with Gasteiger partial charge in [-0.3, -0.25) is 4.79 Å². The second-order valence-electron chi connectivity index (χ2n) is 5.59. The van der Waals surface area contributed by atoms with Gasteiger partial charge < -0.3 is 0 Å². The minimum Gasteiger partial charge on any atom is -0.295 e. The van der Waals surface area contributed by atoms with E-state index in [4.69, 9.17) is 0 Å². The summed E-state index contributed by atoms with van der Waals surface area (Å²) in [4.78, 5) is 11.4. The van der Waals surface area contributed by atoms with Gasteiger partial charge in [0.25, 0.3) is 0 Å². The van der Waals surface area contributed by atoms with Gasteiger partial charge in [0.15, 0.2) is 5.78 Å². The van der Waals surface area contributed by atoms with Gasteiger partial charge in [-0.2, -0.15) is 11.8 Å². The monoisotopic (exact) mass is 228 g/mol. The van der Waals surface area contributed by atoms with Gasteiger partial charge in [-0.25, -0.2) is 0 Å². The molecule has 0 fully saturated rings. The van der Waals surface area contributed by atoms with E-state index in [1.165, 1.54) is 0 Å². The molecule has 0 saturated carbocycles. The molecule has 1 nitrogen and oxygen atoms in total. The van der Waals surface area contributed by atoms with E-state index in [-0.39, 0.29) is 5.78 Å². The normalized spacial score (nSPS) is 13.7. The molecule has 0 aromatic carbocycles. The molecule has 0 N–H and O–H groups in total. The SMILES string of the molecule is C=C(C)C(=O)CC(C)CSCC(C)(C)C. The van der Waals surface area contributed by atoms with Gasteiger partial charge in [-0.1, -0.05) is 34.3 Å². The quantitative estimate of drug-likeness (QED) is 0.641. The smallest absolute Gasteiger partial charge is 0.158 e. The molecule has 2 heteroatoms. The number of carbonyl (C=O) groups excluding carboxylic acids is 1. The molecule has 0 aromatic rings. The van der Waals surface area contributed by atoms with Crippen molar-refractivity contribution in [2.75, 3.05) is 11.5 Å². The van der Waals surface area contributed by atoms with Crippen molar-refractivity contribution in [2.24, 2.45) is 11.3 Å². The number of hydrogen-bond acceptors (Lipinski definition) is 2. The van der Waals surface area contributed by atoms with E-state index in [0.29, 0.717) is 23.3 Å². The summed E-state index contributed by atoms with van der Waals surface area (Å²) in [6.45, 7) is 14.3. The molecule has 0 radical (unpaired) electrons. The third-order valence-electron chi connectivity index (χ3n) is 1.95. The standard InChI is InChI=1S/C13H24OS/c1-10(2)12(14)7-11(3)8-15-9-13(4,5)6/h11H,1,7-9H2,2-6H3. The minimum absolute atomic E-state index is 0.207. The van der Waals surface area contributed by atoms with Crippen LogP contribution in [-0.4, -0.2) is 17.3 Å². The molecule has 0 amide bonds. The second-order valence-corrected chi connectivity index (χ2v) is 6.62. The van der Waals surface area contributed by atoms with E-state index in [2.05, 4.69) is 34.3 Å². The van der Waals surface area contributed by atoms with Crippen molar-refractivity contribution in [3.63, 3.8) is 0 Å². The number of ketones is 1. The zero-order valence-electron chi connectivity index (χ0n) is 10.7. The topological polar surface area (TPSA) is 17.1 Å². The van der Waals surface area contributed by atoms with Gasteiger partial charge in [0.05, 0.1) is 0 Å². The molecule has 0 spiro atoms. The molecule has 1 atom stereocenters. The van der Waals surface area contributed by atoms with Crippen LogP contribution >= 0.6 is 11.8 Å². The highest BCUT2D eigenvalue weighted by molar-refractivity contribution is 7.99. The van der Waals surface area contributed by atoms with Crippen LogP contribution in [0.1, 0.15) is 41.0 Å². The van der Waals surface area contributed by atoms with Crippen molar-refractivity contribution in [1.82, 2.24) is 0 Å². The lowest BCUT2D eigenvalue weighted by Gasteiger charge is -2.18. The first kappa shape index (κ1) is 14.8. The lowest BCUT2D eigenvalue weighted by molar-refractivity contribution is -0.116. The van der Waals surface area contributed by atoms with Gasteiger partial charge in [0.2, 0.25) is 0 Å². The van der Waals surface area contributed by atoms with Crippen LogP contribution in [0.2, 0.25) is 0 Å². The Kier molecular flexibility index (Phi) is 6.26. The number of carbonyl (C=O) groups is 1. The summed E-state index contributed by atoms with van der Waals surface area (Å²) in [5, 5.41) is 0. The third kappa shape index (κ3) is 8.73. The van der Waals surface area contributed by atoms with Crippen molar-refractivity contribution >= 4 is 17.5 Å². The summed E-state index contributed by atoms with van der Waals surface area (Å²) in [6, 6.07) is 0. The van der Waals surface area contributed by atoms with Crippen molar-refractivity contribution in [3.05, 3.63) is 12.2 Å². The van der Waals surface area contributed by atoms with Crippen LogP contribution in [0.3, 0.4) is 0 Å². The average molecular weight is 228 g/mol. The Morgan fingerprint density at radius 3 is 2.33 bits per heavy atom. The molecule has 0 aliphatic rings. The van der Waals surface area contributed by atoms with E-state index in [1.54, 1.807) is 6.92 Å². The van der Waals surface area contributed by atoms with Gasteiger partial charge >= 0.3 is 0 Å². The second kappa shape index (κ2) is 6.37. The highest BCUT2D eigenvalue weighted by Gasteiger charge is 2.13. The number of Topliss-reactive ketones (excluding diaryl/α,β-unsaturated/α-hetero) is 1. The maximum atomic E-state index is 11.4. The molecule has 0 aliphatic carbocycles. The summed E-state index contributed by atoms with van der Waals surface area (Å²) in [7, 11) is 0. The first-order chi connectivity index (χ1) is 6.72. The first-order valence-corrected chi connectivity index (χ1v) is 6.64. The fourth-order valence-electron chi connectivity index (χ4n) is 1.12. The summed E-state index contributed by atoms with van der Waals surface area (Å²) in [6.07, 6.45) is 0.645. The lowest BCUT2D eigenvalue weighted by Crippen LogP contribution is -2.12. The lowest BCUT2D eigenvalue weighted by atomic mass is 10.0. The van der Waals surface area contributed by atoms with Gasteiger partial charge in [-0.05, 0) is 35.3 Å². The van der Waals surface area contributed by atoms with Gasteiger partial charge in [0.1, 0.15) is 0 Å². The molecular weight excluding hydrogens is 204 g/mol. The van der Waals surface area contributed by atoms with Crippen LogP contribution in [0, 0.1) is 11.3 Å². The maximum Gasteiger partial charge on any atom is 0.158 e. The Labute approximate surface area is 98.7 Å². The van der Waals surface area contributed by atoms with Crippen molar-refractivity contribution in [3.8, 4) is 0 Å². The molecule has 15 heavy (non-hydrogen) atoms. The Bertz CT molecular complexity index is 225. The van der Waals surface area contributed by atoms with Crippen LogP contribution in [0.4, 0.5) is 0 Å². The molecule has 1 unspecified atom stereocenters. The summed E-state index contributed by atoms with van der Waals surface area (Å²) in [5.74, 6) is 2.88. The Morgan fingerprint density at radius 2 is 1.93 bits per heavy atom. The summed E-state index contributed by atoms with van der Waals surface area (Å²) < 4.78 is 0. The van der Waals surface area contributed by atoms with E-state index < -0.39 is 0 Å². The fourth-order valence-corrected chi connectivity index (χ4v) is 2.37. The van der Waals surface area contributed by atoms with E-state index >= 15 is 0 Å². The maximum absolute atomic E-state index is 11.4. The molecule has 0 rings (SSSR count). The van der Waals surface area contributed by atoms with E-state index in [1.807, 2.05) is 11.8 Å². The molecule has 0 heterocycles. The Balaban J connectivity index is 3.71. The van der Waals surface area contributed by atoms with Crippen LogP contribution in [0.25, 0.3) is 0 Å². The Morgan fingerprint density at radius 1 is 1.40 bits per heavy atom. The van der Waals surface area contributed by atoms with Crippen LogP contribution in [0.5, 0.6) is 0 Å². The van der Waals surface area contributed by atoms with Crippen LogP contribution in [-0.2, 0) is 4.79 Å². The van der Waals surface area contributed by atoms with Crippen molar-refractivity contribution in [2.45, 2.75) is 41.0 Å². The molecule has 0 aliphatic heterocycles. The number of hydrogen-bond donors (Lipinski definition) is 0. The number of rotatable bonds is 6. The summed E-state index contributed by atoms with van der Waals surface area (Å²) >= 11 is 1.94. The predicted molar refractivity (Wildman–Crippen MR) is 70.4 cm³/mol. The Hall–Kier alpha value is -0.240. The zero-order chi connectivity index (χ0) is 12.1. The third-order valence-corrected chi connectivity index (χ3v) is 3.82. The molecule has 0 saturated heterocycles. The molecule has 0 aromatic heterocycles. The number of allylic oxidation sites excluding steroid dienone is 1. The summed E-state index contributed by atoms with van der Waals surface area (Å²) in [5.41, 5.74) is 1.06. The average Bonchev–Trinajstić information content (AvgIpc) is 2.01. The van der Waals surface area contributed by atoms with Crippen LogP contribution < -0.4 is 0 Å². The predicted octanol–water partition coefficient (Wildman–Crippen LogP) is 3.94. The molecular formula is C13H24OS. The molecule has 0 bridgehead atoms. The molecule has 88 valence electrons. The van der Waals surface area contributed by atoms with Gasteiger partial charge in [-0.15, -0.1) is 0 Å². The highest BCUT2D eigenvalue weighted by Crippen LogP contribution is 2.23. The van der Waals surface area contributed by atoms with Gasteiger partial charge in [0, 0.05) is 6.42 Å². The zero-order valence-corrected chi connectivity index (χ0v) is 11.5. The minimum atomic E-state index is 0.207. The first-order valence-electron chi connectivity index (χ1n) is 5.49. The largest absolute Gasteiger partial charge is 0.295 e. The van der Waals surface area contributed by atoms with E-state index in [0.717, 1.165) is 11.5 Å². The van der Waals surface area contributed by atoms with Crippen LogP contribution in [0.15, 0.2) is 12.2 Å². The number of thioether (sulfide) groups is 1. The van der Waals surface area contributed by atoms with Crippen molar-refractivity contribution in [1.29, 1.82) is 0 Å².